The molecule has 6 heteroatoms. The van der Waals surface area contributed by atoms with E-state index in [0.717, 1.165) is 0 Å². The van der Waals surface area contributed by atoms with Crippen LogP contribution in [0.5, 0.6) is 0 Å². The molecule has 70 valence electrons. The van der Waals surface area contributed by atoms with Crippen molar-refractivity contribution in [1.82, 2.24) is 9.97 Å². The lowest BCUT2D eigenvalue weighted by Gasteiger charge is -1.99. The van der Waals surface area contributed by atoms with E-state index >= 15 is 0 Å². The summed E-state index contributed by atoms with van der Waals surface area (Å²) in [6, 6.07) is 0. The Morgan fingerprint density at radius 1 is 1.46 bits per heavy atom. The lowest BCUT2D eigenvalue weighted by molar-refractivity contribution is 0.215. The number of hydrogen-bond donors (Lipinski definition) is 0. The van der Waals surface area contributed by atoms with E-state index in [1.54, 1.807) is 0 Å². The average molecular weight is 220 g/mol. The van der Waals surface area contributed by atoms with Crippen molar-refractivity contribution in [1.29, 1.82) is 0 Å². The molecule has 4 nitrogen and oxygen atoms in total. The molecule has 1 rings (SSSR count). The van der Waals surface area contributed by atoms with Gasteiger partial charge in [0.05, 0.1) is 0 Å². The van der Waals surface area contributed by atoms with E-state index in [0.29, 0.717) is 22.3 Å². The summed E-state index contributed by atoms with van der Waals surface area (Å²) in [5.41, 5.74) is 0.645. The van der Waals surface area contributed by atoms with Crippen molar-refractivity contribution in [3.63, 3.8) is 0 Å². The molecular formula is C7H7Cl2N3O. The van der Waals surface area contributed by atoms with Gasteiger partial charge in [0.15, 0.2) is 0 Å². The van der Waals surface area contributed by atoms with Crippen molar-refractivity contribution in [2.45, 2.75) is 6.42 Å². The third-order valence-electron chi connectivity index (χ3n) is 1.32. The maximum absolute atomic E-state index is 5.77. The van der Waals surface area contributed by atoms with E-state index < -0.39 is 0 Å². The third kappa shape index (κ3) is 2.82. The van der Waals surface area contributed by atoms with Crippen LogP contribution in [0.2, 0.25) is 10.3 Å². The molecule has 0 saturated heterocycles. The lowest BCUT2D eigenvalue weighted by Crippen LogP contribution is -1.94. The highest BCUT2D eigenvalue weighted by Crippen LogP contribution is 2.19. The summed E-state index contributed by atoms with van der Waals surface area (Å²) in [5.74, 6) is 0. The summed E-state index contributed by atoms with van der Waals surface area (Å²) in [7, 11) is 1.46. The Kier molecular flexibility index (Phi) is 3.92. The highest BCUT2D eigenvalue weighted by molar-refractivity contribution is 6.34. The fourth-order valence-electron chi connectivity index (χ4n) is 0.743. The van der Waals surface area contributed by atoms with Gasteiger partial charge in [0.2, 0.25) is 0 Å². The van der Waals surface area contributed by atoms with E-state index in [9.17, 15) is 0 Å². The van der Waals surface area contributed by atoms with E-state index in [-0.39, 0.29) is 0 Å². The highest BCUT2D eigenvalue weighted by atomic mass is 35.5. The minimum absolute atomic E-state index is 0.336. The number of aromatic nitrogens is 2. The van der Waals surface area contributed by atoms with Crippen LogP contribution in [0.25, 0.3) is 0 Å². The number of halogens is 2. The molecule has 0 bridgehead atoms. The Hall–Kier alpha value is -0.870. The number of rotatable bonds is 3. The zero-order valence-electron chi connectivity index (χ0n) is 6.87. The zero-order valence-corrected chi connectivity index (χ0v) is 8.38. The molecule has 0 aliphatic carbocycles. The van der Waals surface area contributed by atoms with Crippen LogP contribution in [0.1, 0.15) is 5.56 Å². The standard InChI is InChI=1S/C7H7Cl2N3O/c1-13-12-3-2-5-6(8)10-4-11-7(5)9/h3-4H,2H2,1H3. The van der Waals surface area contributed by atoms with E-state index in [4.69, 9.17) is 23.2 Å². The van der Waals surface area contributed by atoms with Crippen molar-refractivity contribution in [2.24, 2.45) is 5.16 Å². The van der Waals surface area contributed by atoms with Gasteiger partial charge in [-0.1, -0.05) is 28.4 Å². The summed E-state index contributed by atoms with van der Waals surface area (Å²) in [6.07, 6.45) is 3.30. The second kappa shape index (κ2) is 4.99. The molecule has 0 amide bonds. The minimum Gasteiger partial charge on any atom is -0.399 e. The SMILES string of the molecule is CON=CCc1c(Cl)ncnc1Cl. The largest absolute Gasteiger partial charge is 0.399 e. The molecular weight excluding hydrogens is 213 g/mol. The van der Waals surface area contributed by atoms with Crippen molar-refractivity contribution in [3.8, 4) is 0 Å². The van der Waals surface area contributed by atoms with Gasteiger partial charge in [-0.15, -0.1) is 0 Å². The van der Waals surface area contributed by atoms with Crippen molar-refractivity contribution >= 4 is 29.4 Å². The van der Waals surface area contributed by atoms with Crippen LogP contribution in [-0.4, -0.2) is 23.3 Å². The maximum atomic E-state index is 5.77. The van der Waals surface area contributed by atoms with Crippen LogP contribution in [-0.2, 0) is 11.3 Å². The smallest absolute Gasteiger partial charge is 0.137 e. The molecule has 1 heterocycles. The molecule has 0 aliphatic rings. The monoisotopic (exact) mass is 219 g/mol. The van der Waals surface area contributed by atoms with Crippen LogP contribution < -0.4 is 0 Å². The predicted molar refractivity (Wildman–Crippen MR) is 51.3 cm³/mol. The zero-order chi connectivity index (χ0) is 9.68. The van der Waals surface area contributed by atoms with Crippen molar-refractivity contribution in [3.05, 3.63) is 22.2 Å². The molecule has 0 fully saturated rings. The topological polar surface area (TPSA) is 47.4 Å². The molecule has 1 aromatic heterocycles. The Balaban J connectivity index is 2.81. The Morgan fingerprint density at radius 2 is 2.08 bits per heavy atom. The van der Waals surface area contributed by atoms with E-state index in [2.05, 4.69) is 20.0 Å². The third-order valence-corrected chi connectivity index (χ3v) is 1.97. The van der Waals surface area contributed by atoms with Gasteiger partial charge in [0.25, 0.3) is 0 Å². The molecule has 1 aromatic rings. The molecule has 0 aliphatic heterocycles. The molecule has 13 heavy (non-hydrogen) atoms. The summed E-state index contributed by atoms with van der Waals surface area (Å²) in [6.45, 7) is 0. The van der Waals surface area contributed by atoms with Crippen LogP contribution >= 0.6 is 23.2 Å². The fraction of sp³-hybridized carbons (Fsp3) is 0.286. The van der Waals surface area contributed by atoms with Crippen LogP contribution in [0, 0.1) is 0 Å². The molecule has 0 N–H and O–H groups in total. The van der Waals surface area contributed by atoms with Crippen LogP contribution in [0.15, 0.2) is 11.5 Å². The normalized spacial score (nSPS) is 10.7. The van der Waals surface area contributed by atoms with Gasteiger partial charge in [-0.05, 0) is 0 Å². The van der Waals surface area contributed by atoms with Crippen LogP contribution in [0.4, 0.5) is 0 Å². The van der Waals surface area contributed by atoms with Gasteiger partial charge in [-0.3, -0.25) is 0 Å². The van der Waals surface area contributed by atoms with Gasteiger partial charge in [-0.2, -0.15) is 0 Å². The fourth-order valence-corrected chi connectivity index (χ4v) is 1.21. The summed E-state index contributed by atoms with van der Waals surface area (Å²) in [5, 5.41) is 4.22. The lowest BCUT2D eigenvalue weighted by atomic mass is 10.3. The first-order chi connectivity index (χ1) is 6.25. The minimum atomic E-state index is 0.336. The Bertz CT molecular complexity index is 296. The van der Waals surface area contributed by atoms with Gasteiger partial charge < -0.3 is 4.84 Å². The second-order valence-electron chi connectivity index (χ2n) is 2.11. The molecule has 0 spiro atoms. The second-order valence-corrected chi connectivity index (χ2v) is 2.82. The summed E-state index contributed by atoms with van der Waals surface area (Å²) in [4.78, 5) is 12.1. The van der Waals surface area contributed by atoms with Gasteiger partial charge >= 0.3 is 0 Å². The molecule has 0 unspecified atom stereocenters. The van der Waals surface area contributed by atoms with Gasteiger partial charge in [0.1, 0.15) is 23.7 Å². The summed E-state index contributed by atoms with van der Waals surface area (Å²) < 4.78 is 0. The van der Waals surface area contributed by atoms with Crippen LogP contribution in [0.3, 0.4) is 0 Å². The van der Waals surface area contributed by atoms with Gasteiger partial charge in [0, 0.05) is 18.2 Å². The first-order valence-electron chi connectivity index (χ1n) is 3.45. The highest BCUT2D eigenvalue weighted by Gasteiger charge is 2.05. The number of hydrogen-bond acceptors (Lipinski definition) is 4. The van der Waals surface area contributed by atoms with Crippen molar-refractivity contribution in [2.75, 3.05) is 7.11 Å². The van der Waals surface area contributed by atoms with Crippen molar-refractivity contribution < 1.29 is 4.84 Å². The quantitative estimate of drug-likeness (QED) is 0.444. The molecule has 0 saturated carbocycles. The molecule has 0 aromatic carbocycles. The maximum Gasteiger partial charge on any atom is 0.137 e. The molecule has 0 radical (unpaired) electrons. The molecule has 0 atom stereocenters. The first kappa shape index (κ1) is 10.2. The Morgan fingerprint density at radius 3 is 2.62 bits per heavy atom. The number of oxime groups is 1. The first-order valence-corrected chi connectivity index (χ1v) is 4.21. The van der Waals surface area contributed by atoms with E-state index in [1.165, 1.54) is 19.7 Å². The van der Waals surface area contributed by atoms with Gasteiger partial charge in [-0.25, -0.2) is 9.97 Å². The van der Waals surface area contributed by atoms with E-state index in [1.807, 2.05) is 0 Å². The predicted octanol–water partition coefficient (Wildman–Crippen LogP) is 1.96. The average Bonchev–Trinajstić information content (AvgIpc) is 2.10. The number of nitrogens with zero attached hydrogens (tertiary/aromatic N) is 3. The summed E-state index contributed by atoms with van der Waals surface area (Å²) >= 11 is 11.5. The Labute approximate surface area is 85.5 Å².